The van der Waals surface area contributed by atoms with E-state index in [9.17, 15) is 14.4 Å². The first-order valence-corrected chi connectivity index (χ1v) is 7.05. The van der Waals surface area contributed by atoms with Gasteiger partial charge in [-0.2, -0.15) is 0 Å². The van der Waals surface area contributed by atoms with E-state index < -0.39 is 24.0 Å². The Balaban J connectivity index is 4.70. The van der Waals surface area contributed by atoms with Crippen molar-refractivity contribution in [3.05, 3.63) is 0 Å². The van der Waals surface area contributed by atoms with E-state index in [2.05, 4.69) is 10.1 Å². The lowest BCUT2D eigenvalue weighted by Gasteiger charge is -2.30. The lowest BCUT2D eigenvalue weighted by atomic mass is 10.1. The summed E-state index contributed by atoms with van der Waals surface area (Å²) in [5, 5.41) is 11.6. The summed E-state index contributed by atoms with van der Waals surface area (Å²) in [4.78, 5) is 36.0. The van der Waals surface area contributed by atoms with Gasteiger partial charge in [-0.05, 0) is 26.2 Å². The fourth-order valence-electron chi connectivity index (χ4n) is 1.78. The first-order chi connectivity index (χ1) is 9.68. The Labute approximate surface area is 125 Å². The van der Waals surface area contributed by atoms with Crippen molar-refractivity contribution in [3.63, 3.8) is 0 Å². The van der Waals surface area contributed by atoms with Gasteiger partial charge in [0.25, 0.3) is 0 Å². The molecule has 0 aromatic heterocycles. The number of esters is 1. The number of nitrogens with one attached hydrogen (secondary N) is 1. The van der Waals surface area contributed by atoms with Crippen molar-refractivity contribution < 1.29 is 24.2 Å². The van der Waals surface area contributed by atoms with Crippen molar-refractivity contribution in [3.8, 4) is 0 Å². The fraction of sp³-hybridized carbons (Fsp3) is 0.786. The molecule has 0 saturated heterocycles. The molecule has 0 fully saturated rings. The van der Waals surface area contributed by atoms with Gasteiger partial charge in [0.05, 0.1) is 7.11 Å². The minimum absolute atomic E-state index is 0.00135. The van der Waals surface area contributed by atoms with Crippen LogP contribution in [0, 0.1) is 5.92 Å². The number of hydrogen-bond acceptors (Lipinski definition) is 4. The summed E-state index contributed by atoms with van der Waals surface area (Å²) in [6, 6.07) is -1.58. The second kappa shape index (κ2) is 9.20. The van der Waals surface area contributed by atoms with Crippen LogP contribution in [0.3, 0.4) is 0 Å². The Hall–Kier alpha value is -1.79. The Morgan fingerprint density at radius 3 is 2.14 bits per heavy atom. The van der Waals surface area contributed by atoms with Crippen LogP contribution in [-0.4, -0.2) is 53.7 Å². The molecule has 7 heteroatoms. The van der Waals surface area contributed by atoms with E-state index >= 15 is 0 Å². The quantitative estimate of drug-likeness (QED) is 0.662. The molecule has 0 radical (unpaired) electrons. The number of amides is 2. The highest BCUT2D eigenvalue weighted by Crippen LogP contribution is 2.07. The molecule has 2 amide bonds. The highest BCUT2D eigenvalue weighted by atomic mass is 16.5. The van der Waals surface area contributed by atoms with Crippen LogP contribution < -0.4 is 5.32 Å². The third-order valence-corrected chi connectivity index (χ3v) is 2.91. The number of ether oxygens (including phenoxy) is 1. The number of rotatable bonds is 8. The molecule has 0 aromatic rings. The summed E-state index contributed by atoms with van der Waals surface area (Å²) in [5.41, 5.74) is 0. The van der Waals surface area contributed by atoms with Crippen molar-refractivity contribution in [2.45, 2.75) is 52.6 Å². The zero-order chi connectivity index (χ0) is 16.6. The lowest BCUT2D eigenvalue weighted by Crippen LogP contribution is -2.51. The molecule has 21 heavy (non-hydrogen) atoms. The molecule has 0 unspecified atom stereocenters. The van der Waals surface area contributed by atoms with Crippen LogP contribution >= 0.6 is 0 Å². The maximum atomic E-state index is 12.2. The van der Waals surface area contributed by atoms with Crippen molar-refractivity contribution >= 4 is 18.0 Å². The third-order valence-electron chi connectivity index (χ3n) is 2.91. The summed E-state index contributed by atoms with van der Waals surface area (Å²) in [6.07, 6.45) is -0.0546. The largest absolute Gasteiger partial charge is 0.480 e. The number of carboxylic acids is 1. The third kappa shape index (κ3) is 7.53. The number of carboxylic acid groups (broad SMARTS) is 1. The van der Waals surface area contributed by atoms with Gasteiger partial charge in [-0.25, -0.2) is 9.59 Å². The molecule has 7 nitrogen and oxygen atoms in total. The average Bonchev–Trinajstić information content (AvgIpc) is 2.38. The fourth-order valence-corrected chi connectivity index (χ4v) is 1.78. The standard InChI is InChI=1S/C14H26N2O5/c1-9(2)8-16(10(3)4)14(20)15-11(13(18)19)6-7-12(17)21-5/h9-11H,6-8H2,1-5H3,(H,15,20)(H,18,19)/t11-/m0/s1. The SMILES string of the molecule is COC(=O)CC[C@H](NC(=O)N(CC(C)C)C(C)C)C(=O)O. The monoisotopic (exact) mass is 302 g/mol. The van der Waals surface area contributed by atoms with Crippen LogP contribution in [0.2, 0.25) is 0 Å². The van der Waals surface area contributed by atoms with Gasteiger partial charge >= 0.3 is 18.0 Å². The highest BCUT2D eigenvalue weighted by molar-refractivity contribution is 5.83. The summed E-state index contributed by atoms with van der Waals surface area (Å²) < 4.78 is 4.47. The lowest BCUT2D eigenvalue weighted by molar-refractivity contribution is -0.142. The smallest absolute Gasteiger partial charge is 0.326 e. The number of nitrogens with zero attached hydrogens (tertiary/aromatic N) is 1. The van der Waals surface area contributed by atoms with Crippen molar-refractivity contribution in [1.29, 1.82) is 0 Å². The first kappa shape index (κ1) is 19.2. The molecule has 0 aliphatic heterocycles. The van der Waals surface area contributed by atoms with Gasteiger partial charge in [-0.3, -0.25) is 4.79 Å². The van der Waals surface area contributed by atoms with E-state index in [-0.39, 0.29) is 24.8 Å². The Morgan fingerprint density at radius 1 is 1.19 bits per heavy atom. The molecular weight excluding hydrogens is 276 g/mol. The zero-order valence-corrected chi connectivity index (χ0v) is 13.4. The highest BCUT2D eigenvalue weighted by Gasteiger charge is 2.25. The molecule has 2 N–H and O–H groups in total. The molecule has 0 aliphatic rings. The van der Waals surface area contributed by atoms with Gasteiger partial charge in [-0.1, -0.05) is 13.8 Å². The minimum Gasteiger partial charge on any atom is -0.480 e. The van der Waals surface area contributed by atoms with E-state index in [1.807, 2.05) is 27.7 Å². The zero-order valence-electron chi connectivity index (χ0n) is 13.4. The average molecular weight is 302 g/mol. The van der Waals surface area contributed by atoms with Crippen LogP contribution in [0.25, 0.3) is 0 Å². The minimum atomic E-state index is -1.17. The van der Waals surface area contributed by atoms with Gasteiger partial charge in [0.2, 0.25) is 0 Å². The van der Waals surface area contributed by atoms with Crippen molar-refractivity contribution in [2.75, 3.05) is 13.7 Å². The predicted octanol–water partition coefficient (Wildman–Crippen LogP) is 1.47. The van der Waals surface area contributed by atoms with Crippen molar-refractivity contribution in [1.82, 2.24) is 10.2 Å². The Morgan fingerprint density at radius 2 is 1.76 bits per heavy atom. The summed E-state index contributed by atoms with van der Waals surface area (Å²) in [7, 11) is 1.24. The molecule has 0 aromatic carbocycles. The second-order valence-corrected chi connectivity index (χ2v) is 5.60. The molecule has 0 heterocycles. The summed E-state index contributed by atoms with van der Waals surface area (Å²) in [6.45, 7) is 8.23. The molecular formula is C14H26N2O5. The number of hydrogen-bond donors (Lipinski definition) is 2. The Bertz CT molecular complexity index is 368. The number of carbonyl (C=O) groups excluding carboxylic acids is 2. The molecule has 0 spiro atoms. The van der Waals surface area contributed by atoms with Crippen LogP contribution in [0.15, 0.2) is 0 Å². The molecule has 122 valence electrons. The number of aliphatic carboxylic acids is 1. The van der Waals surface area contributed by atoms with Crippen LogP contribution in [0.4, 0.5) is 4.79 Å². The van der Waals surface area contributed by atoms with Crippen molar-refractivity contribution in [2.24, 2.45) is 5.92 Å². The normalized spacial score (nSPS) is 12.1. The maximum absolute atomic E-state index is 12.2. The maximum Gasteiger partial charge on any atom is 0.326 e. The predicted molar refractivity (Wildman–Crippen MR) is 77.9 cm³/mol. The molecule has 0 bridgehead atoms. The number of carbonyl (C=O) groups is 3. The number of methoxy groups -OCH3 is 1. The summed E-state index contributed by atoms with van der Waals surface area (Å²) >= 11 is 0. The van der Waals surface area contributed by atoms with Crippen LogP contribution in [0.5, 0.6) is 0 Å². The Kier molecular flexibility index (Phi) is 8.42. The van der Waals surface area contributed by atoms with E-state index in [1.165, 1.54) is 7.11 Å². The number of urea groups is 1. The van der Waals surface area contributed by atoms with Crippen LogP contribution in [0.1, 0.15) is 40.5 Å². The molecule has 1 atom stereocenters. The van der Waals surface area contributed by atoms with Gasteiger partial charge < -0.3 is 20.1 Å². The topological polar surface area (TPSA) is 95.9 Å². The van der Waals surface area contributed by atoms with E-state index in [1.54, 1.807) is 4.90 Å². The second-order valence-electron chi connectivity index (χ2n) is 5.60. The van der Waals surface area contributed by atoms with Gasteiger partial charge in [0.15, 0.2) is 0 Å². The van der Waals surface area contributed by atoms with Gasteiger partial charge in [0, 0.05) is 19.0 Å². The molecule has 0 rings (SSSR count). The van der Waals surface area contributed by atoms with Gasteiger partial charge in [0.1, 0.15) is 6.04 Å². The first-order valence-electron chi connectivity index (χ1n) is 7.05. The van der Waals surface area contributed by atoms with E-state index in [0.717, 1.165) is 0 Å². The van der Waals surface area contributed by atoms with Gasteiger partial charge in [-0.15, -0.1) is 0 Å². The van der Waals surface area contributed by atoms with E-state index in [4.69, 9.17) is 5.11 Å². The molecule has 0 aliphatic carbocycles. The summed E-state index contributed by atoms with van der Waals surface area (Å²) in [5.74, 6) is -1.39. The van der Waals surface area contributed by atoms with E-state index in [0.29, 0.717) is 6.54 Å². The van der Waals surface area contributed by atoms with Crippen LogP contribution in [-0.2, 0) is 14.3 Å². The molecule has 0 saturated carbocycles.